The van der Waals surface area contributed by atoms with Crippen LogP contribution in [0, 0.1) is 34.0 Å². The molecular formula is C45H25N5. The van der Waals surface area contributed by atoms with Crippen LogP contribution in [0.1, 0.15) is 16.7 Å². The van der Waals surface area contributed by atoms with Crippen LogP contribution >= 0.6 is 0 Å². The van der Waals surface area contributed by atoms with Crippen molar-refractivity contribution < 1.29 is 0 Å². The van der Waals surface area contributed by atoms with Gasteiger partial charge in [-0.1, -0.05) is 84.9 Å². The maximum Gasteiger partial charge on any atom is 0.0998 e. The number of hydrogen-bond acceptors (Lipinski definition) is 3. The number of aromatic nitrogens is 2. The van der Waals surface area contributed by atoms with Crippen LogP contribution in [-0.2, 0) is 0 Å². The lowest BCUT2D eigenvalue weighted by molar-refractivity contribution is 1.18. The Morgan fingerprint density at radius 2 is 1.04 bits per heavy atom. The van der Waals surface area contributed by atoms with Crippen LogP contribution in [0.5, 0.6) is 0 Å². The first-order valence-corrected chi connectivity index (χ1v) is 16.3. The van der Waals surface area contributed by atoms with E-state index in [-0.39, 0.29) is 0 Å². The molecule has 7 aromatic carbocycles. The second-order valence-corrected chi connectivity index (χ2v) is 12.3. The van der Waals surface area contributed by atoms with Gasteiger partial charge in [-0.05, 0) is 83.4 Å². The summed E-state index contributed by atoms with van der Waals surface area (Å²) in [6, 6.07) is 57.8. The van der Waals surface area contributed by atoms with Crippen molar-refractivity contribution in [2.75, 3.05) is 0 Å². The molecule has 0 aliphatic heterocycles. The molecule has 0 spiro atoms. The Kier molecular flexibility index (Phi) is 6.56. The highest BCUT2D eigenvalue weighted by Crippen LogP contribution is 2.42. The van der Waals surface area contributed by atoms with E-state index in [2.05, 4.69) is 100 Å². The molecule has 0 aliphatic carbocycles. The molecule has 230 valence electrons. The summed E-state index contributed by atoms with van der Waals surface area (Å²) in [7, 11) is 0. The lowest BCUT2D eigenvalue weighted by atomic mass is 9.90. The Labute approximate surface area is 287 Å². The minimum atomic E-state index is 0.574. The average Bonchev–Trinajstić information content (AvgIpc) is 3.70. The van der Waals surface area contributed by atoms with E-state index in [0.717, 1.165) is 77.2 Å². The number of rotatable bonds is 4. The van der Waals surface area contributed by atoms with Crippen LogP contribution in [0.2, 0.25) is 0 Å². The first kappa shape index (κ1) is 28.8. The fraction of sp³-hybridized carbons (Fsp3) is 0. The maximum absolute atomic E-state index is 10.5. The van der Waals surface area contributed by atoms with Gasteiger partial charge in [-0.25, -0.2) is 0 Å². The van der Waals surface area contributed by atoms with Crippen LogP contribution in [0.4, 0.5) is 0 Å². The van der Waals surface area contributed by atoms with Crippen molar-refractivity contribution in [3.63, 3.8) is 0 Å². The Hall–Kier alpha value is -7.39. The van der Waals surface area contributed by atoms with Crippen LogP contribution in [0.3, 0.4) is 0 Å². The van der Waals surface area contributed by atoms with E-state index < -0.39 is 0 Å². The molecule has 2 aromatic heterocycles. The first-order chi connectivity index (χ1) is 24.7. The number of para-hydroxylation sites is 2. The lowest BCUT2D eigenvalue weighted by Crippen LogP contribution is -2.00. The minimum Gasteiger partial charge on any atom is -0.309 e. The smallest absolute Gasteiger partial charge is 0.0998 e. The van der Waals surface area contributed by atoms with E-state index in [1.165, 1.54) is 0 Å². The number of fused-ring (bicyclic) bond motifs is 6. The Balaban J connectivity index is 1.24. The predicted molar refractivity (Wildman–Crippen MR) is 200 cm³/mol. The van der Waals surface area contributed by atoms with Gasteiger partial charge in [-0.15, -0.1) is 0 Å². The van der Waals surface area contributed by atoms with E-state index in [1.54, 1.807) is 0 Å². The van der Waals surface area contributed by atoms with Crippen molar-refractivity contribution in [2.24, 2.45) is 0 Å². The molecule has 0 amide bonds. The molecule has 2 heterocycles. The molecule has 9 rings (SSSR count). The molecule has 0 fully saturated rings. The van der Waals surface area contributed by atoms with Crippen molar-refractivity contribution >= 4 is 43.6 Å². The summed E-state index contributed by atoms with van der Waals surface area (Å²) in [5, 5.41) is 34.1. The Morgan fingerprint density at radius 1 is 0.420 bits per heavy atom. The molecule has 0 bridgehead atoms. The lowest BCUT2D eigenvalue weighted by Gasteiger charge is -2.18. The van der Waals surface area contributed by atoms with Crippen LogP contribution in [0.15, 0.2) is 152 Å². The largest absolute Gasteiger partial charge is 0.309 e. The molecule has 50 heavy (non-hydrogen) atoms. The highest BCUT2D eigenvalue weighted by molar-refractivity contribution is 6.12. The standard InChI is InChI=1S/C45H25N5/c46-26-29-19-24-41-38(25-29)35-12-3-5-15-39(35)50(41)43-18-8-9-31(27-47)44(43)36-13-2-1-11-34(36)30-20-22-33(23-21-30)49-40-16-6-4-14-37(40)45-32(28-48)10-7-17-42(45)49/h1-25H. The van der Waals surface area contributed by atoms with Gasteiger partial charge in [-0.2, -0.15) is 15.8 Å². The van der Waals surface area contributed by atoms with E-state index >= 15 is 0 Å². The summed E-state index contributed by atoms with van der Waals surface area (Å²) in [6.45, 7) is 0. The molecule has 0 saturated carbocycles. The van der Waals surface area contributed by atoms with Gasteiger partial charge in [0, 0.05) is 32.8 Å². The number of nitrogens with zero attached hydrogens (tertiary/aromatic N) is 5. The average molecular weight is 636 g/mol. The summed E-state index contributed by atoms with van der Waals surface area (Å²) in [6.07, 6.45) is 0. The van der Waals surface area contributed by atoms with E-state index in [4.69, 9.17) is 0 Å². The second kappa shape index (κ2) is 11.4. The highest BCUT2D eigenvalue weighted by atomic mass is 15.0. The van der Waals surface area contributed by atoms with Crippen LogP contribution in [-0.4, -0.2) is 9.13 Å². The molecule has 9 aromatic rings. The predicted octanol–water partition coefficient (Wildman–Crippen LogP) is 10.8. The summed E-state index contributed by atoms with van der Waals surface area (Å²) < 4.78 is 4.42. The maximum atomic E-state index is 10.5. The summed E-state index contributed by atoms with van der Waals surface area (Å²) in [4.78, 5) is 0. The second-order valence-electron chi connectivity index (χ2n) is 12.3. The van der Waals surface area contributed by atoms with Crippen molar-refractivity contribution in [2.45, 2.75) is 0 Å². The van der Waals surface area contributed by atoms with Crippen molar-refractivity contribution in [1.82, 2.24) is 9.13 Å². The number of nitriles is 3. The monoisotopic (exact) mass is 635 g/mol. The van der Waals surface area contributed by atoms with E-state index in [1.807, 2.05) is 78.9 Å². The molecular weight excluding hydrogens is 611 g/mol. The zero-order valence-electron chi connectivity index (χ0n) is 26.7. The molecule has 5 nitrogen and oxygen atoms in total. The van der Waals surface area contributed by atoms with Crippen LogP contribution < -0.4 is 0 Å². The summed E-state index contributed by atoms with van der Waals surface area (Å²) in [5.74, 6) is 0. The van der Waals surface area contributed by atoms with Crippen molar-refractivity contribution in [3.8, 4) is 51.8 Å². The quantitative estimate of drug-likeness (QED) is 0.193. The molecule has 0 radical (unpaired) electrons. The van der Waals surface area contributed by atoms with E-state index in [9.17, 15) is 15.8 Å². The Morgan fingerprint density at radius 3 is 1.80 bits per heavy atom. The van der Waals surface area contributed by atoms with E-state index in [0.29, 0.717) is 16.7 Å². The fourth-order valence-corrected chi connectivity index (χ4v) is 7.54. The molecule has 0 unspecified atom stereocenters. The molecule has 0 saturated heterocycles. The van der Waals surface area contributed by atoms with Gasteiger partial charge in [-0.3, -0.25) is 0 Å². The zero-order chi connectivity index (χ0) is 33.8. The summed E-state index contributed by atoms with van der Waals surface area (Å²) >= 11 is 0. The van der Waals surface area contributed by atoms with Gasteiger partial charge in [0.1, 0.15) is 0 Å². The minimum absolute atomic E-state index is 0.574. The SMILES string of the molecule is N#Cc1ccc2c(c1)c1ccccc1n2-c1cccc(C#N)c1-c1ccccc1-c1ccc(-n2c3ccccc3c3c(C#N)cccc32)cc1. The van der Waals surface area contributed by atoms with Gasteiger partial charge in [0.2, 0.25) is 0 Å². The van der Waals surface area contributed by atoms with Gasteiger partial charge < -0.3 is 9.13 Å². The molecule has 0 N–H and O–H groups in total. The highest BCUT2D eigenvalue weighted by Gasteiger charge is 2.21. The molecule has 5 heteroatoms. The van der Waals surface area contributed by atoms with Gasteiger partial charge in [0.25, 0.3) is 0 Å². The third kappa shape index (κ3) is 4.24. The van der Waals surface area contributed by atoms with Crippen molar-refractivity contribution in [3.05, 3.63) is 168 Å². The normalized spacial score (nSPS) is 11.1. The van der Waals surface area contributed by atoms with Gasteiger partial charge in [0.15, 0.2) is 0 Å². The van der Waals surface area contributed by atoms with Gasteiger partial charge >= 0.3 is 0 Å². The third-order valence-electron chi connectivity index (χ3n) is 9.66. The topological polar surface area (TPSA) is 81.2 Å². The van der Waals surface area contributed by atoms with Gasteiger partial charge in [0.05, 0.1) is 62.7 Å². The Bertz CT molecular complexity index is 2960. The first-order valence-electron chi connectivity index (χ1n) is 16.3. The molecule has 0 atom stereocenters. The molecule has 0 aliphatic rings. The fourth-order valence-electron chi connectivity index (χ4n) is 7.54. The number of benzene rings is 7. The van der Waals surface area contributed by atoms with Crippen LogP contribution in [0.25, 0.3) is 77.2 Å². The number of hydrogen-bond donors (Lipinski definition) is 0. The zero-order valence-corrected chi connectivity index (χ0v) is 26.7. The summed E-state index contributed by atoms with van der Waals surface area (Å²) in [5.41, 5.74) is 11.5. The third-order valence-corrected chi connectivity index (χ3v) is 9.66. The van der Waals surface area contributed by atoms with Crippen molar-refractivity contribution in [1.29, 1.82) is 15.8 Å².